The average molecular weight is 260 g/mol. The normalized spacial score (nSPS) is 27.9. The number of rotatable bonds is 5. The molecule has 1 N–H and O–H groups in total. The van der Waals surface area contributed by atoms with Crippen molar-refractivity contribution in [3.63, 3.8) is 0 Å². The van der Waals surface area contributed by atoms with Crippen LogP contribution in [-0.4, -0.2) is 44.2 Å². The standard InChI is InChI=1S/C12H24N2O2S/c1-11-3-2-8-14(9-6-11)17(15,16)10-7-13-12-4-5-12/h11-13H,2-10H2,1H3. The maximum Gasteiger partial charge on any atom is 0.215 e. The van der Waals surface area contributed by atoms with Gasteiger partial charge < -0.3 is 5.32 Å². The van der Waals surface area contributed by atoms with Crippen molar-refractivity contribution in [2.45, 2.75) is 45.1 Å². The van der Waals surface area contributed by atoms with Crippen LogP contribution in [0.4, 0.5) is 0 Å². The Bertz CT molecular complexity index is 338. The van der Waals surface area contributed by atoms with E-state index in [0.717, 1.165) is 25.8 Å². The number of nitrogens with zero attached hydrogens (tertiary/aromatic N) is 1. The molecule has 1 heterocycles. The van der Waals surface area contributed by atoms with E-state index in [2.05, 4.69) is 12.2 Å². The van der Waals surface area contributed by atoms with E-state index in [9.17, 15) is 8.42 Å². The Kier molecular flexibility index (Phi) is 4.44. The average Bonchev–Trinajstić information content (AvgIpc) is 3.05. The molecule has 0 spiro atoms. The highest BCUT2D eigenvalue weighted by Crippen LogP contribution is 2.20. The second kappa shape index (κ2) is 5.67. The summed E-state index contributed by atoms with van der Waals surface area (Å²) in [5, 5.41) is 3.27. The zero-order valence-corrected chi connectivity index (χ0v) is 11.5. The summed E-state index contributed by atoms with van der Waals surface area (Å²) in [6, 6.07) is 0.592. The van der Waals surface area contributed by atoms with Gasteiger partial charge in [-0.1, -0.05) is 6.92 Å². The van der Waals surface area contributed by atoms with Crippen LogP contribution in [0.1, 0.15) is 39.0 Å². The molecule has 1 aliphatic heterocycles. The SMILES string of the molecule is CC1CCCN(S(=O)(=O)CCNC2CC2)CC1. The lowest BCUT2D eigenvalue weighted by atomic mass is 10.0. The van der Waals surface area contributed by atoms with Crippen molar-refractivity contribution in [3.05, 3.63) is 0 Å². The summed E-state index contributed by atoms with van der Waals surface area (Å²) in [6.45, 7) is 4.26. The Morgan fingerprint density at radius 1 is 1.18 bits per heavy atom. The predicted molar refractivity (Wildman–Crippen MR) is 69.4 cm³/mol. The van der Waals surface area contributed by atoms with Crippen molar-refractivity contribution in [3.8, 4) is 0 Å². The molecule has 0 aromatic heterocycles. The first-order valence-corrected chi connectivity index (χ1v) is 8.40. The van der Waals surface area contributed by atoms with Crippen molar-refractivity contribution in [1.29, 1.82) is 0 Å². The molecule has 0 aromatic rings. The van der Waals surface area contributed by atoms with Crippen LogP contribution in [0.25, 0.3) is 0 Å². The summed E-state index contributed by atoms with van der Waals surface area (Å²) in [4.78, 5) is 0. The van der Waals surface area contributed by atoms with Gasteiger partial charge in [0, 0.05) is 25.7 Å². The Balaban J connectivity index is 1.80. The molecule has 100 valence electrons. The lowest BCUT2D eigenvalue weighted by molar-refractivity contribution is 0.416. The van der Waals surface area contributed by atoms with Crippen LogP contribution in [0.5, 0.6) is 0 Å². The fraction of sp³-hybridized carbons (Fsp3) is 1.00. The van der Waals surface area contributed by atoms with Crippen LogP contribution in [-0.2, 0) is 10.0 Å². The second-order valence-electron chi connectivity index (χ2n) is 5.48. The Morgan fingerprint density at radius 3 is 2.65 bits per heavy atom. The lowest BCUT2D eigenvalue weighted by Crippen LogP contribution is -2.37. The summed E-state index contributed by atoms with van der Waals surface area (Å²) in [6.07, 6.45) is 5.60. The zero-order chi connectivity index (χ0) is 12.3. The van der Waals surface area contributed by atoms with Gasteiger partial charge in [0.05, 0.1) is 5.75 Å². The minimum absolute atomic E-state index is 0.262. The third-order valence-electron chi connectivity index (χ3n) is 3.74. The molecule has 17 heavy (non-hydrogen) atoms. The van der Waals surface area contributed by atoms with Crippen LogP contribution in [0, 0.1) is 5.92 Å². The van der Waals surface area contributed by atoms with Crippen LogP contribution in [0.15, 0.2) is 0 Å². The Hall–Kier alpha value is -0.130. The van der Waals surface area contributed by atoms with E-state index >= 15 is 0 Å². The predicted octanol–water partition coefficient (Wildman–Crippen LogP) is 1.19. The molecule has 1 saturated carbocycles. The van der Waals surface area contributed by atoms with Gasteiger partial charge in [-0.2, -0.15) is 0 Å². The molecular weight excluding hydrogens is 236 g/mol. The number of sulfonamides is 1. The van der Waals surface area contributed by atoms with Gasteiger partial charge in [-0.05, 0) is 38.0 Å². The van der Waals surface area contributed by atoms with Crippen molar-refractivity contribution < 1.29 is 8.42 Å². The summed E-state index contributed by atoms with van der Waals surface area (Å²) < 4.78 is 26.0. The van der Waals surface area contributed by atoms with Gasteiger partial charge in [0.1, 0.15) is 0 Å². The monoisotopic (exact) mass is 260 g/mol. The summed E-state index contributed by atoms with van der Waals surface area (Å²) >= 11 is 0. The molecule has 5 heteroatoms. The fourth-order valence-corrected chi connectivity index (χ4v) is 3.75. The highest BCUT2D eigenvalue weighted by molar-refractivity contribution is 7.89. The van der Waals surface area contributed by atoms with E-state index in [1.54, 1.807) is 4.31 Å². The van der Waals surface area contributed by atoms with Gasteiger partial charge in [-0.15, -0.1) is 0 Å². The third-order valence-corrected chi connectivity index (χ3v) is 5.61. The molecule has 0 aromatic carbocycles. The minimum Gasteiger partial charge on any atom is -0.313 e. The first-order chi connectivity index (χ1) is 8.08. The minimum atomic E-state index is -3.03. The number of hydrogen-bond acceptors (Lipinski definition) is 3. The molecule has 1 aliphatic carbocycles. The van der Waals surface area contributed by atoms with Crippen molar-refractivity contribution in [2.75, 3.05) is 25.4 Å². The maximum atomic E-state index is 12.1. The molecule has 2 rings (SSSR count). The largest absolute Gasteiger partial charge is 0.313 e. The number of nitrogens with one attached hydrogen (secondary N) is 1. The molecule has 1 unspecified atom stereocenters. The maximum absolute atomic E-state index is 12.1. The topological polar surface area (TPSA) is 49.4 Å². The summed E-state index contributed by atoms with van der Waals surface area (Å²) in [7, 11) is -3.03. The molecule has 2 aliphatic rings. The van der Waals surface area contributed by atoms with Gasteiger partial charge in [-0.3, -0.25) is 0 Å². The van der Waals surface area contributed by atoms with E-state index in [0.29, 0.717) is 25.0 Å². The number of hydrogen-bond donors (Lipinski definition) is 1. The Morgan fingerprint density at radius 2 is 1.94 bits per heavy atom. The zero-order valence-electron chi connectivity index (χ0n) is 10.7. The van der Waals surface area contributed by atoms with Gasteiger partial charge in [-0.25, -0.2) is 12.7 Å². The van der Waals surface area contributed by atoms with E-state index in [1.165, 1.54) is 12.8 Å². The third kappa shape index (κ3) is 4.23. The van der Waals surface area contributed by atoms with E-state index in [4.69, 9.17) is 0 Å². The quantitative estimate of drug-likeness (QED) is 0.808. The van der Waals surface area contributed by atoms with E-state index < -0.39 is 10.0 Å². The van der Waals surface area contributed by atoms with Crippen LogP contribution in [0.2, 0.25) is 0 Å². The molecule has 0 radical (unpaired) electrons. The molecular formula is C12H24N2O2S. The highest BCUT2D eigenvalue weighted by Gasteiger charge is 2.26. The van der Waals surface area contributed by atoms with Gasteiger partial charge in [0.2, 0.25) is 10.0 Å². The second-order valence-corrected chi connectivity index (χ2v) is 7.57. The van der Waals surface area contributed by atoms with Crippen LogP contribution < -0.4 is 5.32 Å². The van der Waals surface area contributed by atoms with Crippen LogP contribution in [0.3, 0.4) is 0 Å². The first-order valence-electron chi connectivity index (χ1n) is 6.79. The molecule has 4 nitrogen and oxygen atoms in total. The van der Waals surface area contributed by atoms with E-state index in [-0.39, 0.29) is 5.75 Å². The highest BCUT2D eigenvalue weighted by atomic mass is 32.2. The molecule has 1 saturated heterocycles. The molecule has 1 atom stereocenters. The fourth-order valence-electron chi connectivity index (χ4n) is 2.32. The van der Waals surface area contributed by atoms with Crippen molar-refractivity contribution >= 4 is 10.0 Å². The molecule has 0 amide bonds. The van der Waals surface area contributed by atoms with Gasteiger partial charge in [0.15, 0.2) is 0 Å². The smallest absolute Gasteiger partial charge is 0.215 e. The van der Waals surface area contributed by atoms with E-state index in [1.807, 2.05) is 0 Å². The van der Waals surface area contributed by atoms with Crippen LogP contribution >= 0.6 is 0 Å². The molecule has 2 fully saturated rings. The Labute approximate surface area is 105 Å². The summed E-state index contributed by atoms with van der Waals surface area (Å²) in [5.74, 6) is 0.928. The van der Waals surface area contributed by atoms with Crippen molar-refractivity contribution in [1.82, 2.24) is 9.62 Å². The lowest BCUT2D eigenvalue weighted by Gasteiger charge is -2.20. The van der Waals surface area contributed by atoms with Gasteiger partial charge >= 0.3 is 0 Å². The molecule has 0 bridgehead atoms. The van der Waals surface area contributed by atoms with Gasteiger partial charge in [0.25, 0.3) is 0 Å². The van der Waals surface area contributed by atoms with Crippen molar-refractivity contribution in [2.24, 2.45) is 5.92 Å². The summed E-state index contributed by atoms with van der Waals surface area (Å²) in [5.41, 5.74) is 0. The first kappa shape index (κ1) is 13.3.